The van der Waals surface area contributed by atoms with Gasteiger partial charge in [0.25, 0.3) is 0 Å². The number of aliphatic imine (C=N–C) groups is 1. The van der Waals surface area contributed by atoms with Crippen LogP contribution in [0.25, 0.3) is 0 Å². The molecule has 0 aliphatic carbocycles. The number of halogens is 1. The summed E-state index contributed by atoms with van der Waals surface area (Å²) in [5.41, 5.74) is 1.04. The van der Waals surface area contributed by atoms with E-state index in [0.717, 1.165) is 23.6 Å². The zero-order valence-electron chi connectivity index (χ0n) is 14.9. The number of rotatable bonds is 7. The standard InChI is InChI=1S/C17H26N4O3.HI/c1-4-18-17(19-8-7-16(22)21-12(2)3)20-10-13-5-6-14-15(9-13)24-11-23-14;/h5-6,9,12H,4,7-8,10-11H2,1-3H3,(H,21,22)(H2,18,19,20);1H. The summed E-state index contributed by atoms with van der Waals surface area (Å²) in [5.74, 6) is 2.24. The van der Waals surface area contributed by atoms with Crippen molar-refractivity contribution in [1.29, 1.82) is 0 Å². The molecule has 25 heavy (non-hydrogen) atoms. The molecule has 0 unspecified atom stereocenters. The Bertz CT molecular complexity index is 593. The summed E-state index contributed by atoms with van der Waals surface area (Å²) in [6.07, 6.45) is 0.409. The van der Waals surface area contributed by atoms with Crippen LogP contribution in [0.4, 0.5) is 0 Å². The van der Waals surface area contributed by atoms with Gasteiger partial charge in [-0.05, 0) is 38.5 Å². The summed E-state index contributed by atoms with van der Waals surface area (Å²) in [6, 6.07) is 5.96. The van der Waals surface area contributed by atoms with Gasteiger partial charge in [-0.1, -0.05) is 6.07 Å². The molecule has 1 aromatic carbocycles. The zero-order valence-corrected chi connectivity index (χ0v) is 17.3. The summed E-state index contributed by atoms with van der Waals surface area (Å²) in [6.45, 7) is 7.97. The van der Waals surface area contributed by atoms with Gasteiger partial charge in [0.2, 0.25) is 12.7 Å². The summed E-state index contributed by atoms with van der Waals surface area (Å²) in [4.78, 5) is 16.2. The molecular weight excluding hydrogens is 435 g/mol. The first-order chi connectivity index (χ1) is 11.6. The van der Waals surface area contributed by atoms with Crippen LogP contribution in [0.3, 0.4) is 0 Å². The highest BCUT2D eigenvalue weighted by Gasteiger charge is 2.13. The maximum Gasteiger partial charge on any atom is 0.231 e. The zero-order chi connectivity index (χ0) is 17.4. The molecule has 0 aromatic heterocycles. The van der Waals surface area contributed by atoms with E-state index >= 15 is 0 Å². The van der Waals surface area contributed by atoms with Crippen molar-refractivity contribution in [2.24, 2.45) is 4.99 Å². The number of amides is 1. The van der Waals surface area contributed by atoms with E-state index < -0.39 is 0 Å². The molecule has 0 fully saturated rings. The Kier molecular flexibility index (Phi) is 9.40. The molecule has 1 heterocycles. The molecule has 8 heteroatoms. The molecule has 0 radical (unpaired) electrons. The minimum absolute atomic E-state index is 0. The molecule has 0 saturated carbocycles. The fourth-order valence-electron chi connectivity index (χ4n) is 2.24. The van der Waals surface area contributed by atoms with Crippen molar-refractivity contribution in [3.8, 4) is 11.5 Å². The molecule has 1 aromatic rings. The predicted molar refractivity (Wildman–Crippen MR) is 109 cm³/mol. The van der Waals surface area contributed by atoms with Crippen molar-refractivity contribution in [2.75, 3.05) is 19.9 Å². The van der Waals surface area contributed by atoms with Crippen molar-refractivity contribution in [1.82, 2.24) is 16.0 Å². The number of guanidine groups is 1. The summed E-state index contributed by atoms with van der Waals surface area (Å²) < 4.78 is 10.7. The third-order valence-corrected chi connectivity index (χ3v) is 3.30. The van der Waals surface area contributed by atoms with Crippen LogP contribution in [0, 0.1) is 0 Å². The summed E-state index contributed by atoms with van der Waals surface area (Å²) in [7, 11) is 0. The quantitative estimate of drug-likeness (QED) is 0.328. The second-order valence-corrected chi connectivity index (χ2v) is 5.78. The van der Waals surface area contributed by atoms with E-state index in [1.807, 2.05) is 39.0 Å². The van der Waals surface area contributed by atoms with Crippen LogP contribution in [0.2, 0.25) is 0 Å². The van der Waals surface area contributed by atoms with Crippen molar-refractivity contribution >= 4 is 35.8 Å². The fourth-order valence-corrected chi connectivity index (χ4v) is 2.24. The highest BCUT2D eigenvalue weighted by atomic mass is 127. The largest absolute Gasteiger partial charge is 0.454 e. The van der Waals surface area contributed by atoms with E-state index in [2.05, 4.69) is 20.9 Å². The third-order valence-electron chi connectivity index (χ3n) is 3.30. The number of hydrogen-bond donors (Lipinski definition) is 3. The van der Waals surface area contributed by atoms with E-state index in [4.69, 9.17) is 9.47 Å². The van der Waals surface area contributed by atoms with E-state index in [1.165, 1.54) is 0 Å². The molecule has 3 N–H and O–H groups in total. The number of ether oxygens (including phenoxy) is 2. The minimum Gasteiger partial charge on any atom is -0.454 e. The molecule has 7 nitrogen and oxygen atoms in total. The second-order valence-electron chi connectivity index (χ2n) is 5.78. The third kappa shape index (κ3) is 7.37. The van der Waals surface area contributed by atoms with Crippen molar-refractivity contribution in [2.45, 2.75) is 39.8 Å². The first kappa shape index (κ1) is 21.3. The predicted octanol–water partition coefficient (Wildman–Crippen LogP) is 2.00. The van der Waals surface area contributed by atoms with Crippen LogP contribution in [0.15, 0.2) is 23.2 Å². The van der Waals surface area contributed by atoms with Crippen LogP contribution in [0.1, 0.15) is 32.8 Å². The molecule has 0 spiro atoms. The van der Waals surface area contributed by atoms with Crippen LogP contribution >= 0.6 is 24.0 Å². The average molecular weight is 462 g/mol. The molecule has 1 aliphatic heterocycles. The summed E-state index contributed by atoms with van der Waals surface area (Å²) >= 11 is 0. The van der Waals surface area contributed by atoms with Gasteiger partial charge in [-0.2, -0.15) is 0 Å². The van der Waals surface area contributed by atoms with Crippen molar-refractivity contribution in [3.05, 3.63) is 23.8 Å². The smallest absolute Gasteiger partial charge is 0.231 e. The SMILES string of the molecule is CCNC(=NCc1ccc2c(c1)OCO2)NCCC(=O)NC(C)C.I. The number of nitrogens with zero attached hydrogens (tertiary/aromatic N) is 1. The molecule has 140 valence electrons. The fraction of sp³-hybridized carbons (Fsp3) is 0.529. The second kappa shape index (κ2) is 11.0. The maximum atomic E-state index is 11.6. The lowest BCUT2D eigenvalue weighted by Crippen LogP contribution is -2.40. The van der Waals surface area contributed by atoms with Gasteiger partial charge < -0.3 is 25.4 Å². The van der Waals surface area contributed by atoms with Gasteiger partial charge in [-0.25, -0.2) is 4.99 Å². The number of fused-ring (bicyclic) bond motifs is 1. The molecule has 0 atom stereocenters. The average Bonchev–Trinajstić information content (AvgIpc) is 2.99. The number of carbonyl (C=O) groups is 1. The number of hydrogen-bond acceptors (Lipinski definition) is 4. The lowest BCUT2D eigenvalue weighted by atomic mass is 10.2. The van der Waals surface area contributed by atoms with Gasteiger partial charge in [0, 0.05) is 25.6 Å². The topological polar surface area (TPSA) is 84.0 Å². The van der Waals surface area contributed by atoms with Crippen LogP contribution in [-0.4, -0.2) is 37.8 Å². The van der Waals surface area contributed by atoms with Crippen LogP contribution in [0.5, 0.6) is 11.5 Å². The number of benzene rings is 1. The van der Waals surface area contributed by atoms with E-state index in [-0.39, 0.29) is 42.7 Å². The first-order valence-corrected chi connectivity index (χ1v) is 8.28. The number of nitrogens with one attached hydrogen (secondary N) is 3. The highest BCUT2D eigenvalue weighted by Crippen LogP contribution is 2.32. The molecule has 0 bridgehead atoms. The monoisotopic (exact) mass is 462 g/mol. The Labute approximate surface area is 166 Å². The minimum atomic E-state index is 0. The first-order valence-electron chi connectivity index (χ1n) is 8.28. The van der Waals surface area contributed by atoms with Crippen molar-refractivity contribution in [3.63, 3.8) is 0 Å². The maximum absolute atomic E-state index is 11.6. The molecule has 2 rings (SSSR count). The van der Waals surface area contributed by atoms with Gasteiger partial charge in [-0.3, -0.25) is 4.79 Å². The molecule has 1 aliphatic rings. The lowest BCUT2D eigenvalue weighted by Gasteiger charge is -2.12. The van der Waals surface area contributed by atoms with Crippen molar-refractivity contribution < 1.29 is 14.3 Å². The number of carbonyl (C=O) groups excluding carboxylic acids is 1. The van der Waals surface area contributed by atoms with Gasteiger partial charge in [0.05, 0.1) is 6.54 Å². The van der Waals surface area contributed by atoms with E-state index in [1.54, 1.807) is 0 Å². The summed E-state index contributed by atoms with van der Waals surface area (Å²) in [5, 5.41) is 9.21. The van der Waals surface area contributed by atoms with Crippen LogP contribution in [-0.2, 0) is 11.3 Å². The Morgan fingerprint density at radius 2 is 2.00 bits per heavy atom. The molecule has 1 amide bonds. The lowest BCUT2D eigenvalue weighted by molar-refractivity contribution is -0.121. The normalized spacial score (nSPS) is 12.6. The Hall–Kier alpha value is -1.71. The van der Waals surface area contributed by atoms with Gasteiger partial charge in [0.15, 0.2) is 17.5 Å². The Morgan fingerprint density at radius 3 is 2.72 bits per heavy atom. The van der Waals surface area contributed by atoms with Gasteiger partial charge in [-0.15, -0.1) is 24.0 Å². The molecular formula is C17H27IN4O3. The molecule has 0 saturated heterocycles. The van der Waals surface area contributed by atoms with Gasteiger partial charge in [0.1, 0.15) is 0 Å². The van der Waals surface area contributed by atoms with Crippen LogP contribution < -0.4 is 25.4 Å². The van der Waals surface area contributed by atoms with E-state index in [9.17, 15) is 4.79 Å². The van der Waals surface area contributed by atoms with Gasteiger partial charge >= 0.3 is 0 Å². The Morgan fingerprint density at radius 1 is 1.24 bits per heavy atom. The highest BCUT2D eigenvalue weighted by molar-refractivity contribution is 14.0. The Balaban J connectivity index is 0.00000312. The van der Waals surface area contributed by atoms with E-state index in [0.29, 0.717) is 25.5 Å².